The zero-order chi connectivity index (χ0) is 15.7. The molecule has 2 heterocycles. The Hall–Kier alpha value is -0.740. The summed E-state index contributed by atoms with van der Waals surface area (Å²) < 4.78 is 0.0644. The highest BCUT2D eigenvalue weighted by Gasteiger charge is 2.54. The average Bonchev–Trinajstić information content (AvgIpc) is 2.75. The van der Waals surface area contributed by atoms with Gasteiger partial charge in [0.15, 0.2) is 0 Å². The first-order valence-corrected chi connectivity index (χ1v) is 10.1. The number of hydrogen-bond acceptors (Lipinski definition) is 3. The summed E-state index contributed by atoms with van der Waals surface area (Å²) in [7, 11) is 0. The molecular formula is C19H27ClN2OS. The SMILES string of the molecule is Cl.O=C(NC1CCCCCC1)C1CSC23CC=CC=C2N=CCC13. The standard InChI is InChI=1S/C19H26N2OS.ClH/c22-18(21-14-7-3-1-2-4-8-14)15-13-23-19-11-6-5-9-17(19)20-12-10-16(15)19;/h5-6,9,12,14-16H,1-4,7-8,10-11,13H2,(H,21,22);1H. The van der Waals surface area contributed by atoms with E-state index in [9.17, 15) is 4.79 Å². The van der Waals surface area contributed by atoms with Crippen LogP contribution in [0.1, 0.15) is 51.4 Å². The molecule has 0 aromatic heterocycles. The van der Waals surface area contributed by atoms with Crippen molar-refractivity contribution >= 4 is 36.3 Å². The van der Waals surface area contributed by atoms with Crippen LogP contribution in [0.15, 0.2) is 28.9 Å². The van der Waals surface area contributed by atoms with Crippen LogP contribution in [0.5, 0.6) is 0 Å². The van der Waals surface area contributed by atoms with Gasteiger partial charge in [-0.3, -0.25) is 9.79 Å². The van der Waals surface area contributed by atoms with Gasteiger partial charge in [-0.1, -0.05) is 37.8 Å². The number of halogens is 1. The maximum absolute atomic E-state index is 12.9. The lowest BCUT2D eigenvalue weighted by molar-refractivity contribution is -0.126. The number of rotatable bonds is 2. The van der Waals surface area contributed by atoms with Gasteiger partial charge in [-0.05, 0) is 37.7 Å². The third-order valence-corrected chi connectivity index (χ3v) is 7.70. The molecule has 2 fully saturated rings. The van der Waals surface area contributed by atoms with Crippen LogP contribution in [0.25, 0.3) is 0 Å². The quantitative estimate of drug-likeness (QED) is 0.741. The molecule has 3 nitrogen and oxygen atoms in total. The number of allylic oxidation sites excluding steroid dienone is 3. The van der Waals surface area contributed by atoms with Crippen molar-refractivity contribution in [3.63, 3.8) is 0 Å². The molecule has 0 aromatic carbocycles. The summed E-state index contributed by atoms with van der Waals surface area (Å²) in [6, 6.07) is 0.407. The number of amides is 1. The summed E-state index contributed by atoms with van der Waals surface area (Å²) in [6.07, 6.45) is 18.0. The third kappa shape index (κ3) is 3.20. The Morgan fingerprint density at radius 2 is 2.04 bits per heavy atom. The number of aliphatic imine (C=N–C) groups is 1. The van der Waals surface area contributed by atoms with Gasteiger partial charge < -0.3 is 5.32 Å². The smallest absolute Gasteiger partial charge is 0.224 e. The second-order valence-corrected chi connectivity index (χ2v) is 8.69. The van der Waals surface area contributed by atoms with Crippen molar-refractivity contribution in [2.24, 2.45) is 16.8 Å². The second kappa shape index (κ2) is 7.65. The third-order valence-electron chi connectivity index (χ3n) is 5.98. The van der Waals surface area contributed by atoms with Gasteiger partial charge in [-0.25, -0.2) is 0 Å². The summed E-state index contributed by atoms with van der Waals surface area (Å²) in [4.78, 5) is 17.6. The van der Waals surface area contributed by atoms with E-state index in [0.29, 0.717) is 17.9 Å². The van der Waals surface area contributed by atoms with Gasteiger partial charge in [0.2, 0.25) is 5.91 Å². The maximum atomic E-state index is 12.9. The fourth-order valence-corrected chi connectivity index (χ4v) is 6.49. The Morgan fingerprint density at radius 3 is 2.83 bits per heavy atom. The lowest BCUT2D eigenvalue weighted by atomic mass is 9.73. The number of nitrogens with one attached hydrogen (secondary N) is 1. The highest BCUT2D eigenvalue weighted by molar-refractivity contribution is 8.01. The van der Waals surface area contributed by atoms with Gasteiger partial charge >= 0.3 is 0 Å². The van der Waals surface area contributed by atoms with Crippen LogP contribution in [0.3, 0.4) is 0 Å². The lowest BCUT2D eigenvalue weighted by Crippen LogP contribution is -2.45. The van der Waals surface area contributed by atoms with E-state index < -0.39 is 0 Å². The lowest BCUT2D eigenvalue weighted by Gasteiger charge is -2.39. The number of carbonyl (C=O) groups is 1. The van der Waals surface area contributed by atoms with E-state index in [1.807, 2.05) is 18.0 Å². The number of nitrogens with zero attached hydrogens (tertiary/aromatic N) is 1. The Bertz CT molecular complexity index is 566. The van der Waals surface area contributed by atoms with E-state index in [1.54, 1.807) is 0 Å². The van der Waals surface area contributed by atoms with Crippen molar-refractivity contribution in [3.05, 3.63) is 23.9 Å². The molecular weight excluding hydrogens is 340 g/mol. The Kier molecular flexibility index (Phi) is 5.76. The molecule has 4 rings (SSSR count). The van der Waals surface area contributed by atoms with Gasteiger partial charge in [0, 0.05) is 18.0 Å². The molecule has 2 aliphatic heterocycles. The zero-order valence-corrected chi connectivity index (χ0v) is 15.7. The van der Waals surface area contributed by atoms with Crippen molar-refractivity contribution in [3.8, 4) is 0 Å². The van der Waals surface area contributed by atoms with E-state index in [4.69, 9.17) is 0 Å². The van der Waals surface area contributed by atoms with E-state index in [1.165, 1.54) is 31.4 Å². The predicted octanol–water partition coefficient (Wildman–Crippen LogP) is 4.28. The average molecular weight is 367 g/mol. The fraction of sp³-hybridized carbons (Fsp3) is 0.684. The summed E-state index contributed by atoms with van der Waals surface area (Å²) in [5.41, 5.74) is 1.19. The maximum Gasteiger partial charge on any atom is 0.224 e. The summed E-state index contributed by atoms with van der Waals surface area (Å²) in [5, 5.41) is 3.39. The molecule has 5 heteroatoms. The molecule has 0 radical (unpaired) electrons. The zero-order valence-electron chi connectivity index (χ0n) is 14.1. The first-order chi connectivity index (χ1) is 11.3. The minimum absolute atomic E-state index is 0. The van der Waals surface area contributed by atoms with Crippen molar-refractivity contribution in [1.82, 2.24) is 5.32 Å². The number of thioether (sulfide) groups is 1. The fourth-order valence-electron chi connectivity index (χ4n) is 4.67. The van der Waals surface area contributed by atoms with E-state index in [-0.39, 0.29) is 23.1 Å². The minimum atomic E-state index is 0. The van der Waals surface area contributed by atoms with Crippen LogP contribution in [0, 0.1) is 11.8 Å². The minimum Gasteiger partial charge on any atom is -0.353 e. The molecule has 0 aromatic rings. The molecule has 3 unspecified atom stereocenters. The second-order valence-electron chi connectivity index (χ2n) is 7.34. The molecule has 1 spiro atoms. The van der Waals surface area contributed by atoms with Crippen LogP contribution >= 0.6 is 24.2 Å². The van der Waals surface area contributed by atoms with Gasteiger partial charge in [0.25, 0.3) is 0 Å². The molecule has 2 aliphatic carbocycles. The van der Waals surface area contributed by atoms with Gasteiger partial charge in [-0.15, -0.1) is 24.2 Å². The Morgan fingerprint density at radius 1 is 1.25 bits per heavy atom. The Balaban J connectivity index is 0.00000169. The van der Waals surface area contributed by atoms with E-state index in [0.717, 1.165) is 31.4 Å². The highest BCUT2D eigenvalue weighted by atomic mass is 35.5. The molecule has 0 bridgehead atoms. The van der Waals surface area contributed by atoms with E-state index in [2.05, 4.69) is 28.5 Å². The van der Waals surface area contributed by atoms with Crippen LogP contribution in [-0.4, -0.2) is 28.7 Å². The molecule has 3 atom stereocenters. The Labute approximate surface area is 155 Å². The topological polar surface area (TPSA) is 41.5 Å². The van der Waals surface area contributed by atoms with Crippen molar-refractivity contribution < 1.29 is 4.79 Å². The molecule has 132 valence electrons. The van der Waals surface area contributed by atoms with Crippen LogP contribution in [0.2, 0.25) is 0 Å². The number of carbonyl (C=O) groups excluding carboxylic acids is 1. The molecule has 1 amide bonds. The molecule has 24 heavy (non-hydrogen) atoms. The first kappa shape index (κ1) is 18.1. The summed E-state index contributed by atoms with van der Waals surface area (Å²) in [5.74, 6) is 1.80. The van der Waals surface area contributed by atoms with Gasteiger partial charge in [0.05, 0.1) is 16.4 Å². The predicted molar refractivity (Wildman–Crippen MR) is 104 cm³/mol. The van der Waals surface area contributed by atoms with Gasteiger partial charge in [-0.2, -0.15) is 0 Å². The molecule has 1 saturated heterocycles. The first-order valence-electron chi connectivity index (χ1n) is 9.14. The normalized spacial score (nSPS) is 35.2. The molecule has 4 aliphatic rings. The molecule has 1 saturated carbocycles. The number of hydrogen-bond donors (Lipinski definition) is 1. The molecule has 1 N–H and O–H groups in total. The van der Waals surface area contributed by atoms with Crippen molar-refractivity contribution in [1.29, 1.82) is 0 Å². The van der Waals surface area contributed by atoms with Crippen LogP contribution in [0.4, 0.5) is 0 Å². The van der Waals surface area contributed by atoms with Crippen LogP contribution in [-0.2, 0) is 4.79 Å². The summed E-state index contributed by atoms with van der Waals surface area (Å²) in [6.45, 7) is 0. The van der Waals surface area contributed by atoms with E-state index >= 15 is 0 Å². The largest absolute Gasteiger partial charge is 0.353 e. The monoisotopic (exact) mass is 366 g/mol. The highest BCUT2D eigenvalue weighted by Crippen LogP contribution is 2.57. The van der Waals surface area contributed by atoms with Crippen LogP contribution < -0.4 is 5.32 Å². The summed E-state index contributed by atoms with van der Waals surface area (Å²) >= 11 is 1.97. The van der Waals surface area contributed by atoms with Crippen molar-refractivity contribution in [2.75, 3.05) is 5.75 Å². The van der Waals surface area contributed by atoms with Crippen molar-refractivity contribution in [2.45, 2.75) is 62.2 Å². The van der Waals surface area contributed by atoms with Gasteiger partial charge in [0.1, 0.15) is 0 Å².